The van der Waals surface area contributed by atoms with Gasteiger partial charge in [0, 0.05) is 6.54 Å². The molecule has 2 heteroatoms. The average molecular weight is 143 g/mol. The molecular formula is C8H17NO. The van der Waals surface area contributed by atoms with Crippen molar-refractivity contribution < 1.29 is 5.11 Å². The summed E-state index contributed by atoms with van der Waals surface area (Å²) >= 11 is 0. The van der Waals surface area contributed by atoms with Crippen LogP contribution in [-0.2, 0) is 0 Å². The second kappa shape index (κ2) is 2.89. The van der Waals surface area contributed by atoms with Crippen LogP contribution in [0, 0.1) is 5.92 Å². The quantitative estimate of drug-likeness (QED) is 0.524. The Morgan fingerprint density at radius 2 is 2.30 bits per heavy atom. The molecule has 60 valence electrons. The molecule has 1 saturated heterocycles. The van der Waals surface area contributed by atoms with Crippen LogP contribution >= 0.6 is 0 Å². The molecule has 0 aromatic rings. The molecule has 1 heterocycles. The summed E-state index contributed by atoms with van der Waals surface area (Å²) < 4.78 is 0. The van der Waals surface area contributed by atoms with Gasteiger partial charge < -0.3 is 10.4 Å². The van der Waals surface area contributed by atoms with Gasteiger partial charge in [0.1, 0.15) is 0 Å². The van der Waals surface area contributed by atoms with Crippen molar-refractivity contribution in [2.45, 2.75) is 32.3 Å². The zero-order chi connectivity index (χ0) is 7.61. The molecule has 0 saturated carbocycles. The summed E-state index contributed by atoms with van der Waals surface area (Å²) in [4.78, 5) is 0. The number of rotatable bonds is 0. The zero-order valence-electron chi connectivity index (χ0n) is 6.85. The van der Waals surface area contributed by atoms with E-state index in [9.17, 15) is 5.11 Å². The Morgan fingerprint density at radius 3 is 3.00 bits per heavy atom. The minimum Gasteiger partial charge on any atom is -0.390 e. The standard InChI is InChI=1S/C8H17NO/c1-7-6-9-5-3-4-8(7,2)10/h7,9-10H,3-6H2,1-2H3. The monoisotopic (exact) mass is 143 g/mol. The molecule has 1 aliphatic rings. The largest absolute Gasteiger partial charge is 0.390 e. The highest BCUT2D eigenvalue weighted by atomic mass is 16.3. The van der Waals surface area contributed by atoms with Crippen molar-refractivity contribution in [2.24, 2.45) is 5.92 Å². The van der Waals surface area contributed by atoms with Crippen LogP contribution in [-0.4, -0.2) is 23.8 Å². The number of hydrogen-bond acceptors (Lipinski definition) is 2. The first kappa shape index (κ1) is 8.02. The van der Waals surface area contributed by atoms with Gasteiger partial charge in [-0.1, -0.05) is 6.92 Å². The maximum atomic E-state index is 9.78. The van der Waals surface area contributed by atoms with Crippen LogP contribution in [0.15, 0.2) is 0 Å². The molecule has 0 aromatic carbocycles. The van der Waals surface area contributed by atoms with Crippen molar-refractivity contribution in [2.75, 3.05) is 13.1 Å². The molecule has 2 N–H and O–H groups in total. The highest BCUT2D eigenvalue weighted by molar-refractivity contribution is 4.83. The Morgan fingerprint density at radius 1 is 1.60 bits per heavy atom. The summed E-state index contributed by atoms with van der Waals surface area (Å²) in [5.74, 6) is 0.384. The first-order valence-corrected chi connectivity index (χ1v) is 4.06. The second-order valence-electron chi connectivity index (χ2n) is 3.57. The first-order valence-electron chi connectivity index (χ1n) is 4.06. The van der Waals surface area contributed by atoms with Crippen LogP contribution in [0.3, 0.4) is 0 Å². The van der Waals surface area contributed by atoms with E-state index in [1.807, 2.05) is 6.92 Å². The van der Waals surface area contributed by atoms with E-state index in [-0.39, 0.29) is 0 Å². The van der Waals surface area contributed by atoms with Gasteiger partial charge in [-0.25, -0.2) is 0 Å². The van der Waals surface area contributed by atoms with Gasteiger partial charge in [0.05, 0.1) is 5.60 Å². The van der Waals surface area contributed by atoms with Crippen LogP contribution in [0.4, 0.5) is 0 Å². The fourth-order valence-electron chi connectivity index (χ4n) is 1.36. The van der Waals surface area contributed by atoms with Crippen molar-refractivity contribution in [1.29, 1.82) is 0 Å². The maximum Gasteiger partial charge on any atom is 0.0657 e. The number of aliphatic hydroxyl groups is 1. The van der Waals surface area contributed by atoms with Crippen LogP contribution < -0.4 is 5.32 Å². The first-order chi connectivity index (χ1) is 4.63. The van der Waals surface area contributed by atoms with E-state index in [1.165, 1.54) is 0 Å². The van der Waals surface area contributed by atoms with Crippen molar-refractivity contribution in [3.63, 3.8) is 0 Å². The molecule has 0 aromatic heterocycles. The van der Waals surface area contributed by atoms with Gasteiger partial charge >= 0.3 is 0 Å². The Bertz CT molecular complexity index is 112. The highest BCUT2D eigenvalue weighted by Gasteiger charge is 2.28. The normalized spacial score (nSPS) is 42.9. The Kier molecular flexibility index (Phi) is 2.32. The average Bonchev–Trinajstić information content (AvgIpc) is 1.96. The summed E-state index contributed by atoms with van der Waals surface area (Å²) in [7, 11) is 0. The maximum absolute atomic E-state index is 9.78. The van der Waals surface area contributed by atoms with Gasteiger partial charge in [-0.2, -0.15) is 0 Å². The van der Waals surface area contributed by atoms with E-state index in [2.05, 4.69) is 12.2 Å². The fraction of sp³-hybridized carbons (Fsp3) is 1.00. The number of nitrogens with one attached hydrogen (secondary N) is 1. The predicted molar refractivity (Wildman–Crippen MR) is 41.9 cm³/mol. The third kappa shape index (κ3) is 1.70. The van der Waals surface area contributed by atoms with Gasteiger partial charge in [-0.15, -0.1) is 0 Å². The van der Waals surface area contributed by atoms with E-state index < -0.39 is 5.60 Å². The van der Waals surface area contributed by atoms with Crippen molar-refractivity contribution in [3.05, 3.63) is 0 Å². The van der Waals surface area contributed by atoms with E-state index >= 15 is 0 Å². The number of hydrogen-bond donors (Lipinski definition) is 2. The minimum absolute atomic E-state index is 0.384. The van der Waals surface area contributed by atoms with Crippen molar-refractivity contribution in [3.8, 4) is 0 Å². The lowest BCUT2D eigenvalue weighted by Crippen LogP contribution is -2.35. The lowest BCUT2D eigenvalue weighted by atomic mass is 9.88. The molecule has 1 aliphatic heterocycles. The molecule has 0 amide bonds. The van der Waals surface area contributed by atoms with Crippen molar-refractivity contribution in [1.82, 2.24) is 5.32 Å². The van der Waals surface area contributed by atoms with Crippen molar-refractivity contribution >= 4 is 0 Å². The summed E-state index contributed by atoms with van der Waals surface area (Å²) in [6.45, 7) is 6.04. The Balaban J connectivity index is 2.52. The summed E-state index contributed by atoms with van der Waals surface area (Å²) in [5, 5.41) is 13.1. The molecule has 0 radical (unpaired) electrons. The fourth-order valence-corrected chi connectivity index (χ4v) is 1.36. The molecule has 10 heavy (non-hydrogen) atoms. The predicted octanol–water partition coefficient (Wildman–Crippen LogP) is 0.757. The molecule has 0 aliphatic carbocycles. The SMILES string of the molecule is CC1CNCCCC1(C)O. The Hall–Kier alpha value is -0.0800. The van der Waals surface area contributed by atoms with Crippen LogP contribution in [0.2, 0.25) is 0 Å². The molecule has 0 bridgehead atoms. The van der Waals surface area contributed by atoms with Gasteiger partial charge in [-0.05, 0) is 32.2 Å². The second-order valence-corrected chi connectivity index (χ2v) is 3.57. The van der Waals surface area contributed by atoms with Gasteiger partial charge in [-0.3, -0.25) is 0 Å². The minimum atomic E-state index is -0.441. The van der Waals surface area contributed by atoms with Crippen LogP contribution in [0.25, 0.3) is 0 Å². The summed E-state index contributed by atoms with van der Waals surface area (Å²) in [6.07, 6.45) is 2.03. The smallest absolute Gasteiger partial charge is 0.0657 e. The molecule has 2 atom stereocenters. The van der Waals surface area contributed by atoms with Gasteiger partial charge in [0.15, 0.2) is 0 Å². The van der Waals surface area contributed by atoms with Crippen LogP contribution in [0.1, 0.15) is 26.7 Å². The lowest BCUT2D eigenvalue weighted by Gasteiger charge is -2.27. The van der Waals surface area contributed by atoms with E-state index in [0.717, 1.165) is 25.9 Å². The summed E-state index contributed by atoms with van der Waals surface area (Å²) in [5.41, 5.74) is -0.441. The van der Waals surface area contributed by atoms with E-state index in [1.54, 1.807) is 0 Å². The van der Waals surface area contributed by atoms with Crippen LogP contribution in [0.5, 0.6) is 0 Å². The summed E-state index contributed by atoms with van der Waals surface area (Å²) in [6, 6.07) is 0. The van der Waals surface area contributed by atoms with E-state index in [4.69, 9.17) is 0 Å². The van der Waals surface area contributed by atoms with Gasteiger partial charge in [0.2, 0.25) is 0 Å². The topological polar surface area (TPSA) is 32.3 Å². The molecule has 0 spiro atoms. The van der Waals surface area contributed by atoms with Gasteiger partial charge in [0.25, 0.3) is 0 Å². The molecular weight excluding hydrogens is 126 g/mol. The third-order valence-electron chi connectivity index (χ3n) is 2.55. The van der Waals surface area contributed by atoms with E-state index in [0.29, 0.717) is 5.92 Å². The zero-order valence-corrected chi connectivity index (χ0v) is 6.85. The Labute approximate surface area is 62.6 Å². The molecule has 2 nitrogen and oxygen atoms in total. The highest BCUT2D eigenvalue weighted by Crippen LogP contribution is 2.23. The molecule has 1 fully saturated rings. The molecule has 1 rings (SSSR count). The lowest BCUT2D eigenvalue weighted by molar-refractivity contribution is 0.00520. The third-order valence-corrected chi connectivity index (χ3v) is 2.55. The molecule has 2 unspecified atom stereocenters.